The fourth-order valence-corrected chi connectivity index (χ4v) is 2.28. The first-order valence-corrected chi connectivity index (χ1v) is 5.77. The lowest BCUT2D eigenvalue weighted by molar-refractivity contribution is -0.147. The minimum absolute atomic E-state index is 0.0455. The Morgan fingerprint density at radius 2 is 2.22 bits per heavy atom. The van der Waals surface area contributed by atoms with E-state index < -0.39 is 12.1 Å². The van der Waals surface area contributed by atoms with Crippen LogP contribution in [0.3, 0.4) is 0 Å². The molecule has 0 N–H and O–H groups in total. The van der Waals surface area contributed by atoms with Crippen LogP contribution in [-0.2, 0) is 16.0 Å². The summed E-state index contributed by atoms with van der Waals surface area (Å²) >= 11 is 0. The van der Waals surface area contributed by atoms with Crippen LogP contribution in [0.4, 0.5) is 0 Å². The van der Waals surface area contributed by atoms with Crippen molar-refractivity contribution in [1.82, 2.24) is 0 Å². The molecule has 5 heteroatoms. The Morgan fingerprint density at radius 3 is 3.00 bits per heavy atom. The van der Waals surface area contributed by atoms with Gasteiger partial charge in [0.1, 0.15) is 0 Å². The molecule has 0 amide bonds. The second-order valence-corrected chi connectivity index (χ2v) is 4.29. The van der Waals surface area contributed by atoms with Crippen molar-refractivity contribution in [3.05, 3.63) is 23.3 Å². The van der Waals surface area contributed by atoms with Gasteiger partial charge in [0, 0.05) is 18.4 Å². The summed E-state index contributed by atoms with van der Waals surface area (Å²) in [5.74, 6) is 0.609. The van der Waals surface area contributed by atoms with E-state index in [9.17, 15) is 9.59 Å². The Hall–Kier alpha value is -2.04. The first-order valence-electron chi connectivity index (χ1n) is 5.77. The van der Waals surface area contributed by atoms with E-state index in [0.29, 0.717) is 36.5 Å². The van der Waals surface area contributed by atoms with Crippen LogP contribution in [0.25, 0.3) is 0 Å². The van der Waals surface area contributed by atoms with Gasteiger partial charge in [-0.1, -0.05) is 6.07 Å². The summed E-state index contributed by atoms with van der Waals surface area (Å²) in [5, 5.41) is 0. The molecule has 94 valence electrons. The Labute approximate surface area is 104 Å². The zero-order chi connectivity index (χ0) is 12.7. The van der Waals surface area contributed by atoms with Crippen LogP contribution in [0.15, 0.2) is 12.1 Å². The van der Waals surface area contributed by atoms with E-state index in [1.807, 2.05) is 6.07 Å². The van der Waals surface area contributed by atoms with Crippen molar-refractivity contribution in [1.29, 1.82) is 0 Å². The number of esters is 1. The average Bonchev–Trinajstić information content (AvgIpc) is 2.82. The van der Waals surface area contributed by atoms with Crippen LogP contribution in [0.2, 0.25) is 0 Å². The number of methoxy groups -OCH3 is 1. The molecule has 2 heterocycles. The van der Waals surface area contributed by atoms with Crippen molar-refractivity contribution >= 4 is 11.8 Å². The van der Waals surface area contributed by atoms with E-state index in [-0.39, 0.29) is 5.78 Å². The average molecular weight is 248 g/mol. The molecule has 1 aromatic rings. The molecular weight excluding hydrogens is 236 g/mol. The second-order valence-electron chi connectivity index (χ2n) is 4.29. The summed E-state index contributed by atoms with van der Waals surface area (Å²) in [7, 11) is 1.32. The SMILES string of the molecule is COC(=O)C1Cc2ccc3c(c2O1)OCCC3=O. The van der Waals surface area contributed by atoms with Crippen LogP contribution in [0, 0.1) is 0 Å². The molecule has 0 bridgehead atoms. The lowest BCUT2D eigenvalue weighted by Gasteiger charge is -2.18. The maximum Gasteiger partial charge on any atom is 0.347 e. The maximum absolute atomic E-state index is 11.7. The lowest BCUT2D eigenvalue weighted by Crippen LogP contribution is -2.26. The highest BCUT2D eigenvalue weighted by Gasteiger charge is 2.35. The molecule has 1 atom stereocenters. The third kappa shape index (κ3) is 1.54. The quantitative estimate of drug-likeness (QED) is 0.697. The van der Waals surface area contributed by atoms with Gasteiger partial charge in [0.25, 0.3) is 0 Å². The molecule has 1 unspecified atom stereocenters. The topological polar surface area (TPSA) is 61.8 Å². The van der Waals surface area contributed by atoms with Crippen molar-refractivity contribution in [2.45, 2.75) is 18.9 Å². The predicted octanol–water partition coefficient (Wildman–Crippen LogP) is 1.13. The molecular formula is C13H12O5. The van der Waals surface area contributed by atoms with Gasteiger partial charge in [-0.15, -0.1) is 0 Å². The normalized spacial score (nSPS) is 20.5. The fraction of sp³-hybridized carbons (Fsp3) is 0.385. The number of carbonyl (C=O) groups excluding carboxylic acids is 2. The minimum Gasteiger partial charge on any atom is -0.488 e. The Bertz CT molecular complexity index is 534. The number of Topliss-reactive ketones (excluding diaryl/α,β-unsaturated/α-hetero) is 1. The summed E-state index contributed by atoms with van der Waals surface area (Å²) in [5.41, 5.74) is 1.41. The molecule has 3 rings (SSSR count). The zero-order valence-corrected chi connectivity index (χ0v) is 9.89. The van der Waals surface area contributed by atoms with Gasteiger partial charge < -0.3 is 14.2 Å². The molecule has 1 aromatic carbocycles. The second kappa shape index (κ2) is 4.01. The number of fused-ring (bicyclic) bond motifs is 3. The number of carbonyl (C=O) groups is 2. The largest absolute Gasteiger partial charge is 0.488 e. The van der Waals surface area contributed by atoms with Crippen LogP contribution in [0.1, 0.15) is 22.3 Å². The molecule has 2 aliphatic heterocycles. The predicted molar refractivity (Wildman–Crippen MR) is 61.0 cm³/mol. The molecule has 0 spiro atoms. The first-order chi connectivity index (χ1) is 8.70. The molecule has 0 aliphatic carbocycles. The van der Waals surface area contributed by atoms with Gasteiger partial charge in [0.2, 0.25) is 0 Å². The third-order valence-corrected chi connectivity index (χ3v) is 3.20. The lowest BCUT2D eigenvalue weighted by atomic mass is 10.0. The highest BCUT2D eigenvalue weighted by Crippen LogP contribution is 2.42. The van der Waals surface area contributed by atoms with Crippen LogP contribution >= 0.6 is 0 Å². The molecule has 5 nitrogen and oxygen atoms in total. The number of benzene rings is 1. The minimum atomic E-state index is -0.642. The van der Waals surface area contributed by atoms with Gasteiger partial charge in [0.05, 0.1) is 19.3 Å². The van der Waals surface area contributed by atoms with E-state index >= 15 is 0 Å². The van der Waals surface area contributed by atoms with E-state index in [1.165, 1.54) is 7.11 Å². The van der Waals surface area contributed by atoms with E-state index in [0.717, 1.165) is 5.56 Å². The number of rotatable bonds is 1. The maximum atomic E-state index is 11.7. The van der Waals surface area contributed by atoms with Gasteiger partial charge in [0.15, 0.2) is 23.4 Å². The van der Waals surface area contributed by atoms with E-state index in [2.05, 4.69) is 4.74 Å². The summed E-state index contributed by atoms with van der Waals surface area (Å²) in [4.78, 5) is 23.2. The Kier molecular flexibility index (Phi) is 2.47. The number of hydrogen-bond acceptors (Lipinski definition) is 5. The Balaban J connectivity index is 1.99. The van der Waals surface area contributed by atoms with Gasteiger partial charge in [-0.25, -0.2) is 4.79 Å². The molecule has 0 saturated heterocycles. The van der Waals surface area contributed by atoms with Crippen LogP contribution in [-0.4, -0.2) is 31.6 Å². The van der Waals surface area contributed by atoms with Crippen molar-refractivity contribution in [3.8, 4) is 11.5 Å². The molecule has 0 fully saturated rings. The van der Waals surface area contributed by atoms with Crippen molar-refractivity contribution in [2.24, 2.45) is 0 Å². The number of hydrogen-bond donors (Lipinski definition) is 0. The smallest absolute Gasteiger partial charge is 0.347 e. The van der Waals surface area contributed by atoms with Gasteiger partial charge >= 0.3 is 5.97 Å². The first kappa shape index (κ1) is 11.1. The summed E-state index contributed by atoms with van der Waals surface area (Å²) in [6.07, 6.45) is 0.191. The highest BCUT2D eigenvalue weighted by molar-refractivity contribution is 6.00. The highest BCUT2D eigenvalue weighted by atomic mass is 16.6. The number of ether oxygens (including phenoxy) is 3. The standard InChI is InChI=1S/C13H12O5/c1-16-13(15)10-6-7-2-3-8-9(14)4-5-17-12(8)11(7)18-10/h2-3,10H,4-6H2,1H3. The van der Waals surface area contributed by atoms with Crippen molar-refractivity contribution < 1.29 is 23.8 Å². The summed E-state index contributed by atoms with van der Waals surface area (Å²) in [6.45, 7) is 0.356. The fourth-order valence-electron chi connectivity index (χ4n) is 2.28. The van der Waals surface area contributed by atoms with Gasteiger partial charge in [-0.2, -0.15) is 0 Å². The summed E-state index contributed by atoms with van der Waals surface area (Å²) < 4.78 is 15.7. The van der Waals surface area contributed by atoms with Crippen LogP contribution in [0.5, 0.6) is 11.5 Å². The zero-order valence-electron chi connectivity index (χ0n) is 9.89. The molecule has 0 saturated carbocycles. The Morgan fingerprint density at radius 1 is 1.39 bits per heavy atom. The molecule has 0 radical (unpaired) electrons. The molecule has 2 aliphatic rings. The van der Waals surface area contributed by atoms with Crippen LogP contribution < -0.4 is 9.47 Å². The monoisotopic (exact) mass is 248 g/mol. The van der Waals surface area contributed by atoms with Crippen molar-refractivity contribution in [2.75, 3.05) is 13.7 Å². The molecule has 0 aromatic heterocycles. The summed E-state index contributed by atoms with van der Waals surface area (Å²) in [6, 6.07) is 3.54. The molecule has 18 heavy (non-hydrogen) atoms. The third-order valence-electron chi connectivity index (χ3n) is 3.20. The van der Waals surface area contributed by atoms with Gasteiger partial charge in [-0.05, 0) is 6.07 Å². The van der Waals surface area contributed by atoms with Gasteiger partial charge in [-0.3, -0.25) is 4.79 Å². The number of ketones is 1. The van der Waals surface area contributed by atoms with E-state index in [4.69, 9.17) is 9.47 Å². The van der Waals surface area contributed by atoms with E-state index in [1.54, 1.807) is 6.07 Å². The van der Waals surface area contributed by atoms with Crippen molar-refractivity contribution in [3.63, 3.8) is 0 Å².